The molecule has 21 heavy (non-hydrogen) atoms. The van der Waals surface area contributed by atoms with Gasteiger partial charge in [-0.05, 0) is 43.6 Å². The van der Waals surface area contributed by atoms with E-state index < -0.39 is 0 Å². The lowest BCUT2D eigenvalue weighted by atomic mass is 10.2. The van der Waals surface area contributed by atoms with Gasteiger partial charge < -0.3 is 21.1 Å². The van der Waals surface area contributed by atoms with Gasteiger partial charge in [-0.25, -0.2) is 0 Å². The fraction of sp³-hybridized carbons (Fsp3) is 0.562. The standard InChI is InChI=1S/C16H27N3O2/c1-2-8-19(10-11-20)9-4-7-16(21)18-15-6-3-5-14(12-15)13-17/h3,5-6,12,20H,2,4,7-11,13,17H2,1H3,(H,18,21). The molecule has 0 radical (unpaired) electrons. The minimum absolute atomic E-state index is 0.0182. The molecule has 0 bridgehead atoms. The monoisotopic (exact) mass is 293 g/mol. The Morgan fingerprint density at radius 3 is 2.81 bits per heavy atom. The molecule has 0 fully saturated rings. The summed E-state index contributed by atoms with van der Waals surface area (Å²) in [5, 5.41) is 11.9. The highest BCUT2D eigenvalue weighted by atomic mass is 16.3. The summed E-state index contributed by atoms with van der Waals surface area (Å²) in [4.78, 5) is 14.1. The third-order valence-electron chi connectivity index (χ3n) is 3.28. The van der Waals surface area contributed by atoms with Crippen molar-refractivity contribution < 1.29 is 9.90 Å². The second-order valence-corrected chi connectivity index (χ2v) is 5.12. The van der Waals surface area contributed by atoms with Crippen molar-refractivity contribution in [3.8, 4) is 0 Å². The fourth-order valence-corrected chi connectivity index (χ4v) is 2.26. The summed E-state index contributed by atoms with van der Waals surface area (Å²) >= 11 is 0. The van der Waals surface area contributed by atoms with Crippen molar-refractivity contribution in [1.29, 1.82) is 0 Å². The first-order valence-corrected chi connectivity index (χ1v) is 7.61. The lowest BCUT2D eigenvalue weighted by Crippen LogP contribution is -2.29. The number of amides is 1. The van der Waals surface area contributed by atoms with Crippen LogP contribution in [-0.2, 0) is 11.3 Å². The van der Waals surface area contributed by atoms with Crippen LogP contribution in [0, 0.1) is 0 Å². The molecule has 0 saturated heterocycles. The predicted octanol–water partition coefficient (Wildman–Crippen LogP) is 1.57. The number of hydrogen-bond acceptors (Lipinski definition) is 4. The molecule has 118 valence electrons. The van der Waals surface area contributed by atoms with E-state index in [4.69, 9.17) is 10.8 Å². The Labute approximate surface area is 127 Å². The van der Waals surface area contributed by atoms with Gasteiger partial charge in [0, 0.05) is 25.2 Å². The second kappa shape index (κ2) is 10.3. The maximum Gasteiger partial charge on any atom is 0.224 e. The molecular weight excluding hydrogens is 266 g/mol. The molecule has 0 aliphatic carbocycles. The lowest BCUT2D eigenvalue weighted by molar-refractivity contribution is -0.116. The number of hydrogen-bond donors (Lipinski definition) is 3. The van der Waals surface area contributed by atoms with Crippen LogP contribution in [0.4, 0.5) is 5.69 Å². The molecule has 0 unspecified atom stereocenters. The minimum Gasteiger partial charge on any atom is -0.395 e. The van der Waals surface area contributed by atoms with Gasteiger partial charge >= 0.3 is 0 Å². The van der Waals surface area contributed by atoms with E-state index in [9.17, 15) is 4.79 Å². The smallest absolute Gasteiger partial charge is 0.224 e. The van der Waals surface area contributed by atoms with Crippen LogP contribution < -0.4 is 11.1 Å². The number of nitrogens with one attached hydrogen (secondary N) is 1. The summed E-state index contributed by atoms with van der Waals surface area (Å²) in [5.74, 6) is 0.0182. The molecule has 0 atom stereocenters. The molecule has 5 heteroatoms. The van der Waals surface area contributed by atoms with Crippen LogP contribution in [0.1, 0.15) is 31.7 Å². The van der Waals surface area contributed by atoms with E-state index in [0.29, 0.717) is 19.5 Å². The van der Waals surface area contributed by atoms with Crippen molar-refractivity contribution in [3.05, 3.63) is 29.8 Å². The van der Waals surface area contributed by atoms with E-state index in [2.05, 4.69) is 17.1 Å². The Morgan fingerprint density at radius 1 is 1.33 bits per heavy atom. The third-order valence-corrected chi connectivity index (χ3v) is 3.28. The molecule has 1 amide bonds. The number of nitrogens with two attached hydrogens (primary N) is 1. The van der Waals surface area contributed by atoms with Crippen molar-refractivity contribution in [3.63, 3.8) is 0 Å². The number of rotatable bonds is 10. The molecule has 0 spiro atoms. The van der Waals surface area contributed by atoms with Crippen LogP contribution in [0.2, 0.25) is 0 Å². The lowest BCUT2D eigenvalue weighted by Gasteiger charge is -2.20. The normalized spacial score (nSPS) is 10.9. The van der Waals surface area contributed by atoms with Crippen molar-refractivity contribution in [2.75, 3.05) is 31.6 Å². The maximum absolute atomic E-state index is 11.9. The Bertz CT molecular complexity index is 418. The zero-order chi connectivity index (χ0) is 15.5. The highest BCUT2D eigenvalue weighted by Crippen LogP contribution is 2.10. The first-order chi connectivity index (χ1) is 10.2. The van der Waals surface area contributed by atoms with Crippen LogP contribution >= 0.6 is 0 Å². The van der Waals surface area contributed by atoms with E-state index in [1.807, 2.05) is 24.3 Å². The van der Waals surface area contributed by atoms with Crippen molar-refractivity contribution in [2.45, 2.75) is 32.7 Å². The number of aliphatic hydroxyl groups excluding tert-OH is 1. The van der Waals surface area contributed by atoms with Gasteiger partial charge in [-0.15, -0.1) is 0 Å². The minimum atomic E-state index is 0.0182. The number of aliphatic hydroxyl groups is 1. The number of anilines is 1. The van der Waals surface area contributed by atoms with Crippen LogP contribution in [0.3, 0.4) is 0 Å². The SMILES string of the molecule is CCCN(CCO)CCCC(=O)Nc1cccc(CN)c1. The van der Waals surface area contributed by atoms with E-state index in [1.165, 1.54) is 0 Å². The second-order valence-electron chi connectivity index (χ2n) is 5.12. The van der Waals surface area contributed by atoms with E-state index in [1.54, 1.807) is 0 Å². The first kappa shape index (κ1) is 17.6. The van der Waals surface area contributed by atoms with Crippen LogP contribution in [0.5, 0.6) is 0 Å². The van der Waals surface area contributed by atoms with Crippen LogP contribution in [-0.4, -0.2) is 42.2 Å². The molecule has 0 aliphatic heterocycles. The van der Waals surface area contributed by atoms with Crippen molar-refractivity contribution in [1.82, 2.24) is 4.90 Å². The molecule has 0 aliphatic rings. The average molecular weight is 293 g/mol. The van der Waals surface area contributed by atoms with Gasteiger partial charge in [0.15, 0.2) is 0 Å². The predicted molar refractivity (Wildman–Crippen MR) is 86.0 cm³/mol. The summed E-state index contributed by atoms with van der Waals surface area (Å²) in [5.41, 5.74) is 7.38. The maximum atomic E-state index is 11.9. The average Bonchev–Trinajstić information content (AvgIpc) is 2.48. The zero-order valence-electron chi connectivity index (χ0n) is 12.8. The summed E-state index contributed by atoms with van der Waals surface area (Å²) in [6, 6.07) is 7.59. The molecule has 0 heterocycles. The Balaban J connectivity index is 2.32. The van der Waals surface area contributed by atoms with E-state index >= 15 is 0 Å². The first-order valence-electron chi connectivity index (χ1n) is 7.61. The summed E-state index contributed by atoms with van der Waals surface area (Å²) in [7, 11) is 0. The molecule has 0 aromatic heterocycles. The summed E-state index contributed by atoms with van der Waals surface area (Å²) in [6.07, 6.45) is 2.33. The number of nitrogens with zero attached hydrogens (tertiary/aromatic N) is 1. The fourth-order valence-electron chi connectivity index (χ4n) is 2.26. The number of benzene rings is 1. The van der Waals surface area contributed by atoms with Gasteiger partial charge in [0.1, 0.15) is 0 Å². The molecule has 1 rings (SSSR count). The molecule has 0 saturated carbocycles. The highest BCUT2D eigenvalue weighted by molar-refractivity contribution is 5.90. The van der Waals surface area contributed by atoms with Crippen molar-refractivity contribution in [2.24, 2.45) is 5.73 Å². The molecule has 4 N–H and O–H groups in total. The van der Waals surface area contributed by atoms with E-state index in [0.717, 1.165) is 37.2 Å². The quantitative estimate of drug-likeness (QED) is 0.612. The Kier molecular flexibility index (Phi) is 8.66. The Morgan fingerprint density at radius 2 is 2.14 bits per heavy atom. The molecule has 1 aromatic carbocycles. The van der Waals surface area contributed by atoms with Gasteiger partial charge in [-0.2, -0.15) is 0 Å². The topological polar surface area (TPSA) is 78.6 Å². The third kappa shape index (κ3) is 7.22. The van der Waals surface area contributed by atoms with E-state index in [-0.39, 0.29) is 12.5 Å². The summed E-state index contributed by atoms with van der Waals surface area (Å²) in [6.45, 7) is 5.22. The van der Waals surface area contributed by atoms with Crippen LogP contribution in [0.25, 0.3) is 0 Å². The van der Waals surface area contributed by atoms with Gasteiger partial charge in [-0.1, -0.05) is 19.1 Å². The Hall–Kier alpha value is -1.43. The van der Waals surface area contributed by atoms with Gasteiger partial charge in [0.25, 0.3) is 0 Å². The van der Waals surface area contributed by atoms with Crippen LogP contribution in [0.15, 0.2) is 24.3 Å². The number of carbonyl (C=O) groups is 1. The number of carbonyl (C=O) groups excluding carboxylic acids is 1. The largest absolute Gasteiger partial charge is 0.395 e. The molecule has 5 nitrogen and oxygen atoms in total. The summed E-state index contributed by atoms with van der Waals surface area (Å²) < 4.78 is 0. The van der Waals surface area contributed by atoms with Gasteiger partial charge in [-0.3, -0.25) is 4.79 Å². The van der Waals surface area contributed by atoms with Gasteiger partial charge in [0.2, 0.25) is 5.91 Å². The highest BCUT2D eigenvalue weighted by Gasteiger charge is 2.06. The molecular formula is C16H27N3O2. The zero-order valence-corrected chi connectivity index (χ0v) is 12.8. The molecule has 1 aromatic rings. The van der Waals surface area contributed by atoms with Crippen molar-refractivity contribution >= 4 is 11.6 Å². The van der Waals surface area contributed by atoms with Gasteiger partial charge in [0.05, 0.1) is 6.61 Å².